The topological polar surface area (TPSA) is 38.7 Å². The first-order valence-electron chi connectivity index (χ1n) is 5.76. The second-order valence-corrected chi connectivity index (χ2v) is 4.22. The summed E-state index contributed by atoms with van der Waals surface area (Å²) in [6.07, 6.45) is 1.75. The zero-order chi connectivity index (χ0) is 13.5. The van der Waals surface area contributed by atoms with E-state index in [1.807, 2.05) is 48.5 Å². The van der Waals surface area contributed by atoms with E-state index in [0.29, 0.717) is 11.3 Å². The summed E-state index contributed by atoms with van der Waals surface area (Å²) in [7, 11) is 0. The largest absolute Gasteiger partial charge is 0.322 e. The van der Waals surface area contributed by atoms with Crippen LogP contribution in [0.25, 0.3) is 0 Å². The van der Waals surface area contributed by atoms with Gasteiger partial charge in [-0.2, -0.15) is 0 Å². The van der Waals surface area contributed by atoms with E-state index in [2.05, 4.69) is 5.16 Å². The highest BCUT2D eigenvalue weighted by atomic mass is 32.2. The monoisotopic (exact) mass is 271 g/mol. The maximum Gasteiger partial charge on any atom is 0.215 e. The number of carbonyl (C=O) groups is 1. The van der Waals surface area contributed by atoms with Crippen LogP contribution in [0.5, 0.6) is 0 Å². The number of benzene rings is 2. The summed E-state index contributed by atoms with van der Waals surface area (Å²) < 4.78 is 4.98. The molecule has 0 N–H and O–H groups in total. The standard InChI is InChI=1S/C15H13NO2S/c1-19-18-16-14(12-8-4-2-5-9-12)15(17)13-10-6-3-7-11-13/h2-11H,1H3. The molecule has 0 aliphatic carbocycles. The van der Waals surface area contributed by atoms with E-state index in [-0.39, 0.29) is 5.78 Å². The Hall–Kier alpha value is -2.07. The van der Waals surface area contributed by atoms with E-state index in [0.717, 1.165) is 17.6 Å². The molecule has 0 heterocycles. The van der Waals surface area contributed by atoms with E-state index in [1.165, 1.54) is 0 Å². The van der Waals surface area contributed by atoms with Crippen molar-refractivity contribution in [3.8, 4) is 0 Å². The van der Waals surface area contributed by atoms with Gasteiger partial charge in [0.2, 0.25) is 5.78 Å². The number of Topliss-reactive ketones (excluding diaryl/α,β-unsaturated/α-hetero) is 1. The molecular weight excluding hydrogens is 258 g/mol. The Morgan fingerprint density at radius 3 is 2.00 bits per heavy atom. The Kier molecular flexibility index (Phi) is 4.75. The highest BCUT2D eigenvalue weighted by Crippen LogP contribution is 2.10. The quantitative estimate of drug-likeness (QED) is 0.361. The fourth-order valence-corrected chi connectivity index (χ4v) is 1.77. The first-order chi connectivity index (χ1) is 9.33. The summed E-state index contributed by atoms with van der Waals surface area (Å²) in [5.41, 5.74) is 1.64. The van der Waals surface area contributed by atoms with Gasteiger partial charge in [-0.15, -0.1) is 0 Å². The van der Waals surface area contributed by atoms with Gasteiger partial charge < -0.3 is 4.28 Å². The molecule has 4 heteroatoms. The minimum Gasteiger partial charge on any atom is -0.322 e. The van der Waals surface area contributed by atoms with Crippen molar-refractivity contribution >= 4 is 23.5 Å². The third kappa shape index (κ3) is 3.45. The molecule has 0 aliphatic rings. The SMILES string of the molecule is CSON=C(C(=O)c1ccccc1)c1ccccc1. The van der Waals surface area contributed by atoms with Crippen molar-refractivity contribution in [1.82, 2.24) is 0 Å². The van der Waals surface area contributed by atoms with E-state index >= 15 is 0 Å². The van der Waals surface area contributed by atoms with Gasteiger partial charge >= 0.3 is 0 Å². The minimum absolute atomic E-state index is 0.152. The van der Waals surface area contributed by atoms with Gasteiger partial charge in [-0.3, -0.25) is 4.79 Å². The summed E-state index contributed by atoms with van der Waals surface area (Å²) in [5.74, 6) is -0.152. The van der Waals surface area contributed by atoms with Crippen LogP contribution in [0.1, 0.15) is 15.9 Å². The van der Waals surface area contributed by atoms with Gasteiger partial charge in [0.05, 0.1) is 12.0 Å². The van der Waals surface area contributed by atoms with Gasteiger partial charge in [0, 0.05) is 17.4 Å². The Morgan fingerprint density at radius 2 is 1.47 bits per heavy atom. The second-order valence-electron chi connectivity index (χ2n) is 3.74. The lowest BCUT2D eigenvalue weighted by Gasteiger charge is -2.05. The smallest absolute Gasteiger partial charge is 0.215 e. The van der Waals surface area contributed by atoms with E-state index in [9.17, 15) is 4.79 Å². The number of carbonyl (C=O) groups excluding carboxylic acids is 1. The van der Waals surface area contributed by atoms with E-state index < -0.39 is 0 Å². The summed E-state index contributed by atoms with van der Waals surface area (Å²) in [4.78, 5) is 12.4. The molecule has 3 nitrogen and oxygen atoms in total. The molecule has 0 saturated carbocycles. The molecule has 0 spiro atoms. The van der Waals surface area contributed by atoms with Crippen molar-refractivity contribution in [2.45, 2.75) is 0 Å². The number of oxime groups is 1. The minimum atomic E-state index is -0.152. The Labute approximate surface area is 116 Å². The Bertz CT molecular complexity index is 567. The van der Waals surface area contributed by atoms with Crippen LogP contribution in [0, 0.1) is 0 Å². The second kappa shape index (κ2) is 6.75. The molecule has 0 aromatic heterocycles. The van der Waals surface area contributed by atoms with Crippen molar-refractivity contribution < 1.29 is 9.08 Å². The third-order valence-corrected chi connectivity index (χ3v) is 2.72. The highest BCUT2D eigenvalue weighted by molar-refractivity contribution is 7.93. The van der Waals surface area contributed by atoms with Crippen molar-refractivity contribution in [2.24, 2.45) is 5.16 Å². The number of hydrogen-bond acceptors (Lipinski definition) is 4. The molecule has 0 aliphatic heterocycles. The molecule has 96 valence electrons. The molecule has 0 amide bonds. The van der Waals surface area contributed by atoms with E-state index in [1.54, 1.807) is 18.4 Å². The predicted octanol–water partition coefficient (Wildman–Crippen LogP) is 3.57. The van der Waals surface area contributed by atoms with Gasteiger partial charge in [-0.05, 0) is 0 Å². The molecule has 19 heavy (non-hydrogen) atoms. The summed E-state index contributed by atoms with van der Waals surface area (Å²) in [5, 5.41) is 3.92. The van der Waals surface area contributed by atoms with Crippen LogP contribution in [0.2, 0.25) is 0 Å². The van der Waals surface area contributed by atoms with Gasteiger partial charge in [0.15, 0.2) is 5.71 Å². The zero-order valence-electron chi connectivity index (χ0n) is 10.4. The lowest BCUT2D eigenvalue weighted by molar-refractivity contribution is 0.106. The molecule has 2 rings (SSSR count). The molecule has 0 bridgehead atoms. The fourth-order valence-electron chi connectivity index (χ4n) is 1.62. The van der Waals surface area contributed by atoms with Crippen LogP contribution in [-0.2, 0) is 4.28 Å². The molecular formula is C15H13NO2S. The van der Waals surface area contributed by atoms with Crippen LogP contribution in [0.4, 0.5) is 0 Å². The maximum atomic E-state index is 12.4. The first-order valence-corrected chi connectivity index (χ1v) is 6.91. The molecule has 0 fully saturated rings. The molecule has 2 aromatic rings. The Morgan fingerprint density at radius 1 is 0.947 bits per heavy atom. The summed E-state index contributed by atoms with van der Waals surface area (Å²) in [6, 6.07) is 18.3. The van der Waals surface area contributed by atoms with E-state index in [4.69, 9.17) is 4.28 Å². The first kappa shape index (κ1) is 13.4. The van der Waals surface area contributed by atoms with Crippen molar-refractivity contribution in [2.75, 3.05) is 6.26 Å². The average molecular weight is 271 g/mol. The van der Waals surface area contributed by atoms with Crippen LogP contribution in [0.15, 0.2) is 65.8 Å². The molecule has 0 saturated heterocycles. The number of nitrogens with zero attached hydrogens (tertiary/aromatic N) is 1. The van der Waals surface area contributed by atoms with Crippen molar-refractivity contribution in [1.29, 1.82) is 0 Å². The van der Waals surface area contributed by atoms with Crippen LogP contribution in [-0.4, -0.2) is 17.8 Å². The molecule has 0 unspecified atom stereocenters. The van der Waals surface area contributed by atoms with Gasteiger partial charge in [-0.1, -0.05) is 65.8 Å². The number of hydrogen-bond donors (Lipinski definition) is 0. The summed E-state index contributed by atoms with van der Waals surface area (Å²) in [6.45, 7) is 0. The molecule has 0 radical (unpaired) electrons. The van der Waals surface area contributed by atoms with Crippen LogP contribution in [0.3, 0.4) is 0 Å². The molecule has 0 atom stereocenters. The van der Waals surface area contributed by atoms with Crippen molar-refractivity contribution in [3.63, 3.8) is 0 Å². The predicted molar refractivity (Wildman–Crippen MR) is 78.4 cm³/mol. The van der Waals surface area contributed by atoms with Gasteiger partial charge in [0.25, 0.3) is 0 Å². The van der Waals surface area contributed by atoms with Crippen molar-refractivity contribution in [3.05, 3.63) is 71.8 Å². The number of rotatable bonds is 5. The number of ketones is 1. The van der Waals surface area contributed by atoms with Gasteiger partial charge in [-0.25, -0.2) is 0 Å². The maximum absolute atomic E-state index is 12.4. The average Bonchev–Trinajstić information content (AvgIpc) is 2.49. The lowest BCUT2D eigenvalue weighted by Crippen LogP contribution is -2.16. The lowest BCUT2D eigenvalue weighted by atomic mass is 10.0. The van der Waals surface area contributed by atoms with Gasteiger partial charge in [0.1, 0.15) is 0 Å². The summed E-state index contributed by atoms with van der Waals surface area (Å²) >= 11 is 1.10. The fraction of sp³-hybridized carbons (Fsp3) is 0.0667. The molecule has 2 aromatic carbocycles. The normalized spacial score (nSPS) is 11.1. The van der Waals surface area contributed by atoms with Crippen LogP contribution < -0.4 is 0 Å². The third-order valence-electron chi connectivity index (χ3n) is 2.50. The Balaban J connectivity index is 2.37. The zero-order valence-corrected chi connectivity index (χ0v) is 11.3. The highest BCUT2D eigenvalue weighted by Gasteiger charge is 2.16. The van der Waals surface area contributed by atoms with Crippen LogP contribution >= 0.6 is 12.0 Å².